The van der Waals surface area contributed by atoms with Gasteiger partial charge in [-0.15, -0.1) is 0 Å². The van der Waals surface area contributed by atoms with Crippen LogP contribution in [0.15, 0.2) is 23.2 Å². The minimum Gasteiger partial charge on any atom is -0.255 e. The Morgan fingerprint density at radius 2 is 2.30 bits per heavy atom. The summed E-state index contributed by atoms with van der Waals surface area (Å²) in [7, 11) is 0. The molecular weight excluding hydrogens is 124 g/mol. The Morgan fingerprint density at radius 1 is 1.40 bits per heavy atom. The topological polar surface area (TPSA) is 36.1 Å². The lowest BCUT2D eigenvalue weighted by molar-refractivity contribution is 1.41. The average Bonchev–Trinajstić information content (AvgIpc) is 1.92. The third kappa shape index (κ3) is 0.547. The van der Waals surface area contributed by atoms with Gasteiger partial charge in [0.15, 0.2) is 0 Å². The lowest BCUT2D eigenvalue weighted by Crippen LogP contribution is -1.92. The number of rotatable bonds is 0. The van der Waals surface area contributed by atoms with Crippen LogP contribution < -0.4 is 0 Å². The molecule has 1 aromatic carbocycles. The van der Waals surface area contributed by atoms with Gasteiger partial charge in [-0.1, -0.05) is 0 Å². The molecule has 0 saturated heterocycles. The highest BCUT2D eigenvalue weighted by Crippen LogP contribution is 2.25. The summed E-state index contributed by atoms with van der Waals surface area (Å²) in [6.07, 6.45) is 1.76. The second kappa shape index (κ2) is 1.68. The van der Waals surface area contributed by atoms with Gasteiger partial charge in [0.25, 0.3) is 0 Å². The van der Waals surface area contributed by atoms with Crippen molar-refractivity contribution >= 4 is 11.9 Å². The number of hydrogen-bond acceptors (Lipinski definition) is 2. The fraction of sp³-hybridized carbons (Fsp3) is 0. The SMILES string of the molecule is N#Cc1ccc2c(c1)C=N2. The van der Waals surface area contributed by atoms with Crippen molar-refractivity contribution in [1.82, 2.24) is 0 Å². The van der Waals surface area contributed by atoms with E-state index >= 15 is 0 Å². The van der Waals surface area contributed by atoms with E-state index in [1.54, 1.807) is 12.3 Å². The van der Waals surface area contributed by atoms with Crippen LogP contribution in [0.5, 0.6) is 0 Å². The smallest absolute Gasteiger partial charge is 0.0991 e. The molecule has 0 amide bonds. The van der Waals surface area contributed by atoms with Crippen LogP contribution in [0.3, 0.4) is 0 Å². The maximum atomic E-state index is 8.48. The summed E-state index contributed by atoms with van der Waals surface area (Å²) in [5, 5.41) is 8.48. The summed E-state index contributed by atoms with van der Waals surface area (Å²) in [6, 6.07) is 7.53. The van der Waals surface area contributed by atoms with Crippen molar-refractivity contribution in [1.29, 1.82) is 5.26 Å². The van der Waals surface area contributed by atoms with Crippen LogP contribution in [0.4, 0.5) is 5.69 Å². The van der Waals surface area contributed by atoms with E-state index in [1.165, 1.54) is 0 Å². The van der Waals surface area contributed by atoms with E-state index in [1.807, 2.05) is 12.1 Å². The molecule has 0 atom stereocenters. The molecule has 0 unspecified atom stereocenters. The molecule has 1 heterocycles. The Morgan fingerprint density at radius 3 is 2.80 bits per heavy atom. The van der Waals surface area contributed by atoms with Gasteiger partial charge in [0.2, 0.25) is 0 Å². The fourth-order valence-electron chi connectivity index (χ4n) is 0.918. The average molecular weight is 128 g/mol. The minimum absolute atomic E-state index is 0.699. The van der Waals surface area contributed by atoms with Crippen LogP contribution in [-0.2, 0) is 0 Å². The molecule has 46 valence electrons. The number of aliphatic imine (C=N–C) groups is 1. The summed E-state index contributed by atoms with van der Waals surface area (Å²) in [6.45, 7) is 0. The van der Waals surface area contributed by atoms with Gasteiger partial charge in [-0.2, -0.15) is 5.26 Å². The molecule has 0 bridgehead atoms. The summed E-state index contributed by atoms with van der Waals surface area (Å²) in [5.41, 5.74) is 2.75. The molecular formula is C8H4N2. The van der Waals surface area contributed by atoms with Crippen molar-refractivity contribution in [3.8, 4) is 6.07 Å². The predicted molar refractivity (Wildman–Crippen MR) is 38.4 cm³/mol. The highest BCUT2D eigenvalue weighted by atomic mass is 14.8. The first kappa shape index (κ1) is 5.19. The molecule has 2 heteroatoms. The van der Waals surface area contributed by atoms with Gasteiger partial charge >= 0.3 is 0 Å². The van der Waals surface area contributed by atoms with Gasteiger partial charge in [-0.05, 0) is 18.2 Å². The Balaban J connectivity index is 2.59. The van der Waals surface area contributed by atoms with Crippen LogP contribution >= 0.6 is 0 Å². The third-order valence-electron chi connectivity index (χ3n) is 1.50. The number of nitriles is 1. The zero-order valence-electron chi connectivity index (χ0n) is 5.20. The van der Waals surface area contributed by atoms with Gasteiger partial charge in [-0.3, -0.25) is 4.99 Å². The normalized spacial score (nSPS) is 11.5. The standard InChI is InChI=1S/C8H4N2/c9-4-6-1-2-8-7(3-6)5-10-8/h1-3,5H. The highest BCUT2D eigenvalue weighted by molar-refractivity contribution is 5.96. The molecule has 0 N–H and O–H groups in total. The zero-order chi connectivity index (χ0) is 6.97. The molecule has 0 radical (unpaired) electrons. The van der Waals surface area contributed by atoms with Crippen LogP contribution in [0.1, 0.15) is 11.1 Å². The molecule has 10 heavy (non-hydrogen) atoms. The first-order chi connectivity index (χ1) is 4.90. The van der Waals surface area contributed by atoms with Crippen LogP contribution in [0, 0.1) is 11.3 Å². The first-order valence-corrected chi connectivity index (χ1v) is 2.98. The highest BCUT2D eigenvalue weighted by Gasteiger charge is 2.06. The largest absolute Gasteiger partial charge is 0.255 e. The van der Waals surface area contributed by atoms with Crippen molar-refractivity contribution in [2.45, 2.75) is 0 Å². The van der Waals surface area contributed by atoms with Gasteiger partial charge in [0.05, 0.1) is 17.3 Å². The summed E-state index contributed by atoms with van der Waals surface area (Å²) < 4.78 is 0. The zero-order valence-corrected chi connectivity index (χ0v) is 5.20. The van der Waals surface area contributed by atoms with E-state index in [-0.39, 0.29) is 0 Å². The minimum atomic E-state index is 0.699. The predicted octanol–water partition coefficient (Wildman–Crippen LogP) is 1.62. The van der Waals surface area contributed by atoms with Crippen LogP contribution in [0.25, 0.3) is 0 Å². The maximum absolute atomic E-state index is 8.48. The van der Waals surface area contributed by atoms with E-state index in [2.05, 4.69) is 11.1 Å². The van der Waals surface area contributed by atoms with E-state index in [4.69, 9.17) is 5.26 Å². The van der Waals surface area contributed by atoms with E-state index in [0.29, 0.717) is 5.56 Å². The number of benzene rings is 1. The molecule has 1 aliphatic heterocycles. The number of fused-ring (bicyclic) bond motifs is 1. The molecule has 0 fully saturated rings. The Labute approximate surface area is 58.4 Å². The van der Waals surface area contributed by atoms with Crippen LogP contribution in [-0.4, -0.2) is 6.21 Å². The molecule has 0 spiro atoms. The molecule has 2 nitrogen and oxygen atoms in total. The lowest BCUT2D eigenvalue weighted by atomic mass is 10.1. The van der Waals surface area contributed by atoms with Crippen molar-refractivity contribution < 1.29 is 0 Å². The molecule has 0 aliphatic carbocycles. The summed E-state index contributed by atoms with van der Waals surface area (Å²) in [4.78, 5) is 3.97. The summed E-state index contributed by atoms with van der Waals surface area (Å²) >= 11 is 0. The third-order valence-corrected chi connectivity index (χ3v) is 1.50. The Bertz CT molecular complexity index is 345. The van der Waals surface area contributed by atoms with Crippen molar-refractivity contribution in [3.05, 3.63) is 29.3 Å². The first-order valence-electron chi connectivity index (χ1n) is 2.98. The number of nitrogens with zero attached hydrogens (tertiary/aromatic N) is 2. The van der Waals surface area contributed by atoms with Gasteiger partial charge < -0.3 is 0 Å². The Kier molecular flexibility index (Phi) is 0.870. The molecule has 0 aromatic heterocycles. The van der Waals surface area contributed by atoms with Crippen LogP contribution in [0.2, 0.25) is 0 Å². The monoisotopic (exact) mass is 128 g/mol. The lowest BCUT2D eigenvalue weighted by Gasteiger charge is -2.07. The second-order valence-corrected chi connectivity index (χ2v) is 2.14. The van der Waals surface area contributed by atoms with Gasteiger partial charge in [-0.25, -0.2) is 0 Å². The van der Waals surface area contributed by atoms with Crippen molar-refractivity contribution in [2.24, 2.45) is 4.99 Å². The van der Waals surface area contributed by atoms with Gasteiger partial charge in [0, 0.05) is 11.8 Å². The summed E-state index contributed by atoms with van der Waals surface area (Å²) in [5.74, 6) is 0. The van der Waals surface area contributed by atoms with E-state index in [0.717, 1.165) is 11.3 Å². The number of hydrogen-bond donors (Lipinski definition) is 0. The van der Waals surface area contributed by atoms with Gasteiger partial charge in [0.1, 0.15) is 0 Å². The van der Waals surface area contributed by atoms with Crippen molar-refractivity contribution in [2.75, 3.05) is 0 Å². The Hall–Kier alpha value is -1.62. The van der Waals surface area contributed by atoms with E-state index < -0.39 is 0 Å². The second-order valence-electron chi connectivity index (χ2n) is 2.14. The quantitative estimate of drug-likeness (QED) is 0.531. The van der Waals surface area contributed by atoms with Crippen molar-refractivity contribution in [3.63, 3.8) is 0 Å². The molecule has 0 saturated carbocycles. The molecule has 1 aliphatic rings. The molecule has 1 aromatic rings. The fourth-order valence-corrected chi connectivity index (χ4v) is 0.918. The molecule has 2 rings (SSSR count). The maximum Gasteiger partial charge on any atom is 0.0991 e. The van der Waals surface area contributed by atoms with E-state index in [9.17, 15) is 0 Å².